The first-order valence-corrected chi connectivity index (χ1v) is 14.0. The zero-order valence-corrected chi connectivity index (χ0v) is 25.1. The van der Waals surface area contributed by atoms with Gasteiger partial charge in [-0.2, -0.15) is 0 Å². The van der Waals surface area contributed by atoms with Gasteiger partial charge in [0.25, 0.3) is 0 Å². The number of carbonyl (C=O) groups excluding carboxylic acids is 2. The number of hydrogen-bond donors (Lipinski definition) is 5. The van der Waals surface area contributed by atoms with E-state index < -0.39 is 17.9 Å². The quantitative estimate of drug-likeness (QED) is 0.202. The molecule has 0 aromatic heterocycles. The minimum atomic E-state index is -0.956. The predicted octanol–water partition coefficient (Wildman–Crippen LogP) is 6.26. The summed E-state index contributed by atoms with van der Waals surface area (Å²) in [4.78, 5) is 45.5. The number of hydrogen-bond acceptors (Lipinski definition) is 5. The van der Waals surface area contributed by atoms with Gasteiger partial charge in [0, 0.05) is 43.0 Å². The van der Waals surface area contributed by atoms with E-state index in [1.165, 1.54) is 0 Å². The van der Waals surface area contributed by atoms with E-state index in [4.69, 9.17) is 10.2 Å². The molecule has 1 aliphatic carbocycles. The molecule has 9 nitrogen and oxygen atoms in total. The molecule has 2 rings (SSSR count). The molecule has 40 heavy (non-hydrogen) atoms. The second-order valence-electron chi connectivity index (χ2n) is 7.95. The molecule has 0 saturated heterocycles. The number of carboxylic acid groups (broad SMARTS) is 2. The maximum Gasteiger partial charge on any atom is 0.303 e. The van der Waals surface area contributed by atoms with Gasteiger partial charge in [0.2, 0.25) is 11.8 Å². The largest absolute Gasteiger partial charge is 0.481 e. The molecule has 9 heteroatoms. The third-order valence-corrected chi connectivity index (χ3v) is 5.44. The maximum atomic E-state index is 12.2. The van der Waals surface area contributed by atoms with E-state index in [0.717, 1.165) is 16.7 Å². The first-order chi connectivity index (χ1) is 19.2. The van der Waals surface area contributed by atoms with Crippen molar-refractivity contribution in [1.29, 1.82) is 0 Å². The minimum Gasteiger partial charge on any atom is -0.481 e. The lowest BCUT2D eigenvalue weighted by molar-refractivity contribution is -0.138. The van der Waals surface area contributed by atoms with Crippen LogP contribution in [0, 0.1) is 0 Å². The Balaban J connectivity index is 0. The van der Waals surface area contributed by atoms with Gasteiger partial charge in [-0.25, -0.2) is 0 Å². The predicted molar refractivity (Wildman–Crippen MR) is 161 cm³/mol. The first kappa shape index (κ1) is 38.4. The van der Waals surface area contributed by atoms with Crippen LogP contribution in [-0.4, -0.2) is 45.7 Å². The number of rotatable bonds is 12. The summed E-state index contributed by atoms with van der Waals surface area (Å²) in [7, 11) is 0. The summed E-state index contributed by atoms with van der Waals surface area (Å²) in [5.41, 5.74) is 4.05. The van der Waals surface area contributed by atoms with Crippen LogP contribution in [0.4, 0.5) is 5.69 Å². The Bertz CT molecular complexity index is 1040. The van der Waals surface area contributed by atoms with Gasteiger partial charge in [-0.1, -0.05) is 60.3 Å². The van der Waals surface area contributed by atoms with Gasteiger partial charge in [-0.3, -0.25) is 19.2 Å². The highest BCUT2D eigenvalue weighted by Crippen LogP contribution is 2.45. The van der Waals surface area contributed by atoms with Crippen molar-refractivity contribution in [2.45, 2.75) is 92.9 Å². The van der Waals surface area contributed by atoms with E-state index in [1.54, 1.807) is 37.3 Å². The maximum absolute atomic E-state index is 12.2. The SMILES string of the molecule is C=C1/C(=C\C(=C/C)NC(=O)CCCC(=O)O)C(CO)c2cc(NC(=O)CCCC(=O)O)ccc21.CC.CC.CC. The highest BCUT2D eigenvalue weighted by atomic mass is 16.4. The van der Waals surface area contributed by atoms with Crippen LogP contribution >= 0.6 is 0 Å². The first-order valence-electron chi connectivity index (χ1n) is 14.0. The van der Waals surface area contributed by atoms with Gasteiger partial charge < -0.3 is 26.0 Å². The molecular weight excluding hydrogens is 512 g/mol. The third kappa shape index (κ3) is 13.4. The van der Waals surface area contributed by atoms with Crippen LogP contribution in [0.25, 0.3) is 5.57 Å². The molecule has 5 N–H and O–H groups in total. The van der Waals surface area contributed by atoms with Crippen molar-refractivity contribution in [1.82, 2.24) is 5.32 Å². The Hall–Kier alpha value is -3.72. The van der Waals surface area contributed by atoms with Crippen molar-refractivity contribution < 1.29 is 34.5 Å². The number of aliphatic hydroxyl groups excluding tert-OH is 1. The second kappa shape index (κ2) is 22.1. The topological polar surface area (TPSA) is 153 Å². The summed E-state index contributed by atoms with van der Waals surface area (Å²) in [5, 5.41) is 33.0. The summed E-state index contributed by atoms with van der Waals surface area (Å²) >= 11 is 0. The fraction of sp³-hybridized carbons (Fsp3) is 0.484. The summed E-state index contributed by atoms with van der Waals surface area (Å²) < 4.78 is 0. The molecule has 0 saturated carbocycles. The molecular formula is C31H48N2O7. The van der Waals surface area contributed by atoms with Gasteiger partial charge in [0.1, 0.15) is 0 Å². The minimum absolute atomic E-state index is 0.0763. The standard InChI is InChI=1S/C25H30N2O7.3C2H6/c1-3-16(26-22(29)6-4-8-24(31)32)12-19-15(2)18-11-10-17(13-20(18)21(19)14-28)27-23(30)7-5-9-25(33)34;3*1-2/h3,10-13,21,28H,2,4-9,14H2,1H3,(H,26,29)(H,27,30)(H,31,32)(H,33,34);3*1-2H3/b16-3+,19-12+;;;. The monoisotopic (exact) mass is 560 g/mol. The number of aliphatic hydroxyl groups is 1. The Morgan fingerprint density at radius 1 is 0.875 bits per heavy atom. The number of carboxylic acids is 2. The van der Waals surface area contributed by atoms with E-state index in [9.17, 15) is 24.3 Å². The Kier molecular flexibility index (Phi) is 21.3. The molecule has 2 amide bonds. The molecule has 0 bridgehead atoms. The number of fused-ring (bicyclic) bond motifs is 1. The number of nitrogens with one attached hydrogen (secondary N) is 2. The molecule has 0 fully saturated rings. The average Bonchev–Trinajstić information content (AvgIpc) is 3.20. The molecule has 1 unspecified atom stereocenters. The normalized spacial score (nSPS) is 14.3. The lowest BCUT2D eigenvalue weighted by atomic mass is 9.96. The Morgan fingerprint density at radius 2 is 1.40 bits per heavy atom. The average molecular weight is 561 g/mol. The van der Waals surface area contributed by atoms with Gasteiger partial charge in [0.15, 0.2) is 0 Å². The molecule has 0 spiro atoms. The lowest BCUT2D eigenvalue weighted by Gasteiger charge is -2.13. The molecule has 1 aromatic carbocycles. The third-order valence-electron chi connectivity index (χ3n) is 5.44. The number of aliphatic carboxylic acids is 2. The van der Waals surface area contributed by atoms with Gasteiger partial charge >= 0.3 is 11.9 Å². The highest BCUT2D eigenvalue weighted by Gasteiger charge is 2.30. The molecule has 1 atom stereocenters. The van der Waals surface area contributed by atoms with Crippen molar-refractivity contribution >= 4 is 35.0 Å². The summed E-state index contributed by atoms with van der Waals surface area (Å²) in [6.45, 7) is 17.7. The molecule has 1 aromatic rings. The summed E-state index contributed by atoms with van der Waals surface area (Å²) in [5.74, 6) is -2.92. The molecule has 0 heterocycles. The number of carbonyl (C=O) groups is 4. The molecule has 0 aliphatic heterocycles. The van der Waals surface area contributed by atoms with Crippen LogP contribution in [0.5, 0.6) is 0 Å². The van der Waals surface area contributed by atoms with Crippen LogP contribution in [0.15, 0.2) is 48.2 Å². The van der Waals surface area contributed by atoms with Gasteiger partial charge in [0.05, 0.1) is 6.61 Å². The van der Waals surface area contributed by atoms with E-state index in [1.807, 2.05) is 41.5 Å². The van der Waals surface area contributed by atoms with Crippen LogP contribution in [0.3, 0.4) is 0 Å². The van der Waals surface area contributed by atoms with Crippen LogP contribution in [-0.2, 0) is 19.2 Å². The van der Waals surface area contributed by atoms with Crippen molar-refractivity contribution in [2.24, 2.45) is 0 Å². The van der Waals surface area contributed by atoms with E-state index in [0.29, 0.717) is 17.0 Å². The van der Waals surface area contributed by atoms with Crippen LogP contribution in [0.2, 0.25) is 0 Å². The Morgan fingerprint density at radius 3 is 1.88 bits per heavy atom. The number of anilines is 1. The number of benzene rings is 1. The zero-order valence-electron chi connectivity index (χ0n) is 25.1. The van der Waals surface area contributed by atoms with E-state index in [-0.39, 0.29) is 56.9 Å². The number of amides is 2. The van der Waals surface area contributed by atoms with E-state index in [2.05, 4.69) is 17.2 Å². The highest BCUT2D eigenvalue weighted by molar-refractivity contribution is 5.93. The smallest absolute Gasteiger partial charge is 0.303 e. The van der Waals surface area contributed by atoms with Crippen molar-refractivity contribution in [3.8, 4) is 0 Å². The lowest BCUT2D eigenvalue weighted by Crippen LogP contribution is -2.22. The van der Waals surface area contributed by atoms with Crippen LogP contribution in [0.1, 0.15) is 104 Å². The summed E-state index contributed by atoms with van der Waals surface area (Å²) in [6, 6.07) is 5.28. The fourth-order valence-corrected chi connectivity index (χ4v) is 3.73. The fourth-order valence-electron chi connectivity index (χ4n) is 3.73. The molecule has 1 aliphatic rings. The van der Waals surface area contributed by atoms with Gasteiger partial charge in [-0.15, -0.1) is 0 Å². The zero-order chi connectivity index (χ0) is 31.3. The van der Waals surface area contributed by atoms with Crippen molar-refractivity contribution in [3.05, 3.63) is 59.3 Å². The van der Waals surface area contributed by atoms with Gasteiger partial charge in [-0.05, 0) is 60.2 Å². The summed E-state index contributed by atoms with van der Waals surface area (Å²) in [6.07, 6.45) is 3.91. The number of allylic oxidation sites excluding steroid dienone is 3. The second-order valence-corrected chi connectivity index (χ2v) is 7.95. The van der Waals surface area contributed by atoms with Crippen molar-refractivity contribution in [2.75, 3.05) is 11.9 Å². The van der Waals surface area contributed by atoms with Crippen molar-refractivity contribution in [3.63, 3.8) is 0 Å². The Labute approximate surface area is 239 Å². The molecule has 224 valence electrons. The molecule has 0 radical (unpaired) electrons. The van der Waals surface area contributed by atoms with E-state index >= 15 is 0 Å². The van der Waals surface area contributed by atoms with Crippen LogP contribution < -0.4 is 10.6 Å².